The molecule has 0 spiro atoms. The van der Waals surface area contributed by atoms with E-state index in [2.05, 4.69) is 5.32 Å². The maximum Gasteiger partial charge on any atom is 0.326 e. The van der Waals surface area contributed by atoms with Crippen LogP contribution in [0.15, 0.2) is 18.2 Å². The van der Waals surface area contributed by atoms with E-state index in [4.69, 9.17) is 5.11 Å². The zero-order chi connectivity index (χ0) is 19.1. The number of carbonyl (C=O) groups excluding carboxylic acids is 1. The SMILES string of the molecule is CCCC(C(=O)NC(Cc1ccc(O)c(O)c1)C(=O)O)C(C)C(=O)O. The van der Waals surface area contributed by atoms with Gasteiger partial charge in [-0.2, -0.15) is 0 Å². The Morgan fingerprint density at radius 2 is 1.72 bits per heavy atom. The normalized spacial score (nSPS) is 14.3. The summed E-state index contributed by atoms with van der Waals surface area (Å²) in [6.45, 7) is 3.22. The smallest absolute Gasteiger partial charge is 0.326 e. The molecule has 0 aliphatic carbocycles. The van der Waals surface area contributed by atoms with E-state index >= 15 is 0 Å². The summed E-state index contributed by atoms with van der Waals surface area (Å²) in [6, 6.07) is 2.58. The van der Waals surface area contributed by atoms with Crippen molar-refractivity contribution in [1.29, 1.82) is 0 Å². The third-order valence-corrected chi connectivity index (χ3v) is 4.02. The summed E-state index contributed by atoms with van der Waals surface area (Å²) in [5, 5.41) is 39.6. The van der Waals surface area contributed by atoms with Gasteiger partial charge in [-0.1, -0.05) is 26.3 Å². The van der Waals surface area contributed by atoms with E-state index in [0.717, 1.165) is 0 Å². The van der Waals surface area contributed by atoms with Crippen molar-refractivity contribution in [3.8, 4) is 11.5 Å². The van der Waals surface area contributed by atoms with Crippen molar-refractivity contribution in [2.75, 3.05) is 0 Å². The molecular weight excluding hydrogens is 330 g/mol. The summed E-state index contributed by atoms with van der Waals surface area (Å²) in [5.41, 5.74) is 0.404. The van der Waals surface area contributed by atoms with Gasteiger partial charge in [0.05, 0.1) is 11.8 Å². The Kier molecular flexibility index (Phi) is 7.22. The van der Waals surface area contributed by atoms with Gasteiger partial charge in [0, 0.05) is 6.42 Å². The summed E-state index contributed by atoms with van der Waals surface area (Å²) in [5.74, 6) is -5.53. The minimum atomic E-state index is -1.28. The molecule has 8 heteroatoms. The summed E-state index contributed by atoms with van der Waals surface area (Å²) in [6.07, 6.45) is 0.792. The van der Waals surface area contributed by atoms with Gasteiger partial charge in [0.2, 0.25) is 5.91 Å². The molecule has 0 fully saturated rings. The lowest BCUT2D eigenvalue weighted by atomic mass is 9.88. The lowest BCUT2D eigenvalue weighted by Gasteiger charge is -2.22. The van der Waals surface area contributed by atoms with Crippen LogP contribution in [-0.2, 0) is 20.8 Å². The number of aromatic hydroxyl groups is 2. The highest BCUT2D eigenvalue weighted by atomic mass is 16.4. The topological polar surface area (TPSA) is 144 Å². The maximum atomic E-state index is 12.4. The van der Waals surface area contributed by atoms with Crippen molar-refractivity contribution in [2.24, 2.45) is 11.8 Å². The zero-order valence-electron chi connectivity index (χ0n) is 14.1. The first-order valence-electron chi connectivity index (χ1n) is 7.94. The number of nitrogens with one attached hydrogen (secondary N) is 1. The van der Waals surface area contributed by atoms with E-state index < -0.39 is 41.5 Å². The quantitative estimate of drug-likeness (QED) is 0.421. The Morgan fingerprint density at radius 3 is 2.20 bits per heavy atom. The lowest BCUT2D eigenvalue weighted by molar-refractivity contribution is -0.147. The Bertz CT molecular complexity index is 644. The molecule has 8 nitrogen and oxygen atoms in total. The van der Waals surface area contributed by atoms with Crippen LogP contribution in [-0.4, -0.2) is 44.3 Å². The number of phenolic OH excluding ortho intramolecular Hbond substituents is 2. The number of carbonyl (C=O) groups is 3. The third kappa shape index (κ3) is 5.66. The van der Waals surface area contributed by atoms with Crippen molar-refractivity contribution in [1.82, 2.24) is 5.32 Å². The maximum absolute atomic E-state index is 12.4. The number of carboxylic acids is 2. The first-order valence-corrected chi connectivity index (χ1v) is 7.94. The first kappa shape index (κ1) is 20.3. The van der Waals surface area contributed by atoms with Crippen LogP contribution >= 0.6 is 0 Å². The van der Waals surface area contributed by atoms with Gasteiger partial charge in [0.15, 0.2) is 11.5 Å². The lowest BCUT2D eigenvalue weighted by Crippen LogP contribution is -2.47. The number of hydrogen-bond acceptors (Lipinski definition) is 5. The molecule has 0 aliphatic rings. The number of benzene rings is 1. The van der Waals surface area contributed by atoms with Gasteiger partial charge in [0.1, 0.15) is 6.04 Å². The highest BCUT2D eigenvalue weighted by molar-refractivity contribution is 5.88. The molecule has 3 atom stereocenters. The fraction of sp³-hybridized carbons (Fsp3) is 0.471. The van der Waals surface area contributed by atoms with Crippen molar-refractivity contribution in [3.05, 3.63) is 23.8 Å². The van der Waals surface area contributed by atoms with Crippen LogP contribution in [0.25, 0.3) is 0 Å². The summed E-state index contributed by atoms with van der Waals surface area (Å²) in [4.78, 5) is 35.0. The van der Waals surface area contributed by atoms with Gasteiger partial charge in [0.25, 0.3) is 0 Å². The number of hydrogen-bond donors (Lipinski definition) is 5. The standard InChI is InChI=1S/C17H23NO7/c1-3-4-11(9(2)16(22)23)15(21)18-12(17(24)25)7-10-5-6-13(19)14(20)8-10/h5-6,8-9,11-12,19-20H,3-4,7H2,1-2H3,(H,18,21)(H,22,23)(H,24,25). The summed E-state index contributed by atoms with van der Waals surface area (Å²) >= 11 is 0. The minimum absolute atomic E-state index is 0.116. The van der Waals surface area contributed by atoms with Crippen LogP contribution in [0.3, 0.4) is 0 Å². The van der Waals surface area contributed by atoms with E-state index in [0.29, 0.717) is 18.4 Å². The second-order valence-corrected chi connectivity index (χ2v) is 5.95. The van der Waals surface area contributed by atoms with E-state index in [-0.39, 0.29) is 12.2 Å². The number of phenols is 2. The molecule has 0 saturated carbocycles. The van der Waals surface area contributed by atoms with Gasteiger partial charge in [-0.3, -0.25) is 9.59 Å². The van der Waals surface area contributed by atoms with E-state index in [1.54, 1.807) is 0 Å². The van der Waals surface area contributed by atoms with Crippen molar-refractivity contribution in [2.45, 2.75) is 39.2 Å². The zero-order valence-corrected chi connectivity index (χ0v) is 14.1. The fourth-order valence-electron chi connectivity index (χ4n) is 2.50. The highest BCUT2D eigenvalue weighted by Gasteiger charge is 2.32. The van der Waals surface area contributed by atoms with Gasteiger partial charge in [-0.05, 0) is 24.1 Å². The second-order valence-electron chi connectivity index (χ2n) is 5.95. The minimum Gasteiger partial charge on any atom is -0.504 e. The molecule has 1 aromatic carbocycles. The van der Waals surface area contributed by atoms with E-state index in [1.807, 2.05) is 6.92 Å². The summed E-state index contributed by atoms with van der Waals surface area (Å²) < 4.78 is 0. The third-order valence-electron chi connectivity index (χ3n) is 4.02. The largest absolute Gasteiger partial charge is 0.504 e. The molecule has 0 heterocycles. The number of aliphatic carboxylic acids is 2. The predicted octanol–water partition coefficient (Wildman–Crippen LogP) is 1.35. The molecule has 1 aromatic rings. The van der Waals surface area contributed by atoms with Crippen LogP contribution in [0.2, 0.25) is 0 Å². The molecular formula is C17H23NO7. The second kappa shape index (κ2) is 8.91. The predicted molar refractivity (Wildman–Crippen MR) is 88.2 cm³/mol. The molecule has 5 N–H and O–H groups in total. The molecule has 0 aliphatic heterocycles. The molecule has 1 rings (SSSR count). The average Bonchev–Trinajstić information content (AvgIpc) is 2.54. The molecule has 25 heavy (non-hydrogen) atoms. The van der Waals surface area contributed by atoms with Crippen molar-refractivity contribution in [3.63, 3.8) is 0 Å². The molecule has 138 valence electrons. The first-order chi connectivity index (χ1) is 11.7. The van der Waals surface area contributed by atoms with Gasteiger partial charge in [-0.25, -0.2) is 4.79 Å². The molecule has 0 aromatic heterocycles. The molecule has 0 radical (unpaired) electrons. The molecule has 1 amide bonds. The van der Waals surface area contributed by atoms with Crippen molar-refractivity contribution < 1.29 is 34.8 Å². The van der Waals surface area contributed by atoms with Gasteiger partial charge >= 0.3 is 11.9 Å². The van der Waals surface area contributed by atoms with Crippen molar-refractivity contribution >= 4 is 17.8 Å². The highest BCUT2D eigenvalue weighted by Crippen LogP contribution is 2.25. The number of amides is 1. The van der Waals surface area contributed by atoms with E-state index in [9.17, 15) is 29.7 Å². The van der Waals surface area contributed by atoms with Crippen LogP contribution in [0.1, 0.15) is 32.3 Å². The summed E-state index contributed by atoms with van der Waals surface area (Å²) in [7, 11) is 0. The van der Waals surface area contributed by atoms with Gasteiger partial charge in [-0.15, -0.1) is 0 Å². The van der Waals surface area contributed by atoms with Crippen LogP contribution < -0.4 is 5.32 Å². The number of rotatable bonds is 9. The Balaban J connectivity index is 2.91. The molecule has 3 unspecified atom stereocenters. The molecule has 0 bridgehead atoms. The number of carboxylic acid groups (broad SMARTS) is 2. The van der Waals surface area contributed by atoms with Crippen LogP contribution in [0.4, 0.5) is 0 Å². The Hall–Kier alpha value is -2.77. The Morgan fingerprint density at radius 1 is 1.08 bits per heavy atom. The van der Waals surface area contributed by atoms with Crippen LogP contribution in [0, 0.1) is 11.8 Å². The fourth-order valence-corrected chi connectivity index (χ4v) is 2.50. The average molecular weight is 353 g/mol. The van der Waals surface area contributed by atoms with Crippen LogP contribution in [0.5, 0.6) is 11.5 Å². The van der Waals surface area contributed by atoms with E-state index in [1.165, 1.54) is 25.1 Å². The molecule has 0 saturated heterocycles. The monoisotopic (exact) mass is 353 g/mol. The van der Waals surface area contributed by atoms with Gasteiger partial charge < -0.3 is 25.7 Å². The Labute approximate surface area is 145 Å².